The quantitative estimate of drug-likeness (QED) is 0.323. The van der Waals surface area contributed by atoms with Crippen molar-refractivity contribution < 1.29 is 17.9 Å². The highest BCUT2D eigenvalue weighted by Crippen LogP contribution is 2.18. The lowest BCUT2D eigenvalue weighted by atomic mass is 10.1. The Bertz CT molecular complexity index is 1080. The van der Waals surface area contributed by atoms with Gasteiger partial charge in [-0.25, -0.2) is 13.8 Å². The monoisotopic (exact) mass is 469 g/mol. The second-order valence-corrected chi connectivity index (χ2v) is 9.77. The van der Waals surface area contributed by atoms with E-state index < -0.39 is 15.9 Å². The van der Waals surface area contributed by atoms with Gasteiger partial charge in [0.05, 0.1) is 24.3 Å². The van der Waals surface area contributed by atoms with E-state index in [1.54, 1.807) is 18.3 Å². The van der Waals surface area contributed by atoms with Gasteiger partial charge in [-0.2, -0.15) is 9.41 Å². The van der Waals surface area contributed by atoms with Crippen molar-refractivity contribution in [3.8, 4) is 0 Å². The van der Waals surface area contributed by atoms with Crippen LogP contribution in [0.15, 0.2) is 70.2 Å². The number of amides is 1. The first kappa shape index (κ1) is 24.8. The number of rotatable bonds is 10. The Morgan fingerprint density at radius 2 is 1.85 bits per heavy atom. The van der Waals surface area contributed by atoms with E-state index in [2.05, 4.69) is 23.5 Å². The van der Waals surface area contributed by atoms with Crippen LogP contribution in [0.25, 0.3) is 6.08 Å². The van der Waals surface area contributed by atoms with Gasteiger partial charge in [0.25, 0.3) is 5.91 Å². The molecule has 0 bridgehead atoms. The summed E-state index contributed by atoms with van der Waals surface area (Å²) in [6.45, 7) is 3.49. The smallest absolute Gasteiger partial charge is 0.271 e. The molecular formula is C25H31N3O4S. The number of nitrogens with one attached hydrogen (secondary N) is 1. The van der Waals surface area contributed by atoms with E-state index in [0.717, 1.165) is 36.8 Å². The van der Waals surface area contributed by atoms with Crippen molar-refractivity contribution in [2.75, 3.05) is 26.3 Å². The van der Waals surface area contributed by atoms with E-state index in [1.807, 2.05) is 30.3 Å². The highest BCUT2D eigenvalue weighted by atomic mass is 32.2. The van der Waals surface area contributed by atoms with Crippen LogP contribution in [0.1, 0.15) is 48.5 Å². The summed E-state index contributed by atoms with van der Waals surface area (Å²) in [5.74, 6) is -0.460. The van der Waals surface area contributed by atoms with Crippen LogP contribution in [-0.4, -0.2) is 51.1 Å². The zero-order valence-electron chi connectivity index (χ0n) is 18.9. The SMILES string of the molecule is CCCCCC(/C=N/NC(=O)c1cccc(S(=O)(=O)N2CCOCC2)c1)=C\c1ccccc1. The molecule has 0 aromatic heterocycles. The molecule has 7 nitrogen and oxygen atoms in total. The van der Waals surface area contributed by atoms with E-state index in [4.69, 9.17) is 4.74 Å². The third kappa shape index (κ3) is 7.35. The molecule has 0 atom stereocenters. The minimum absolute atomic E-state index is 0.0882. The van der Waals surface area contributed by atoms with Gasteiger partial charge in [0, 0.05) is 18.7 Å². The van der Waals surface area contributed by atoms with Crippen LogP contribution >= 0.6 is 0 Å². The van der Waals surface area contributed by atoms with Crippen LogP contribution in [0, 0.1) is 0 Å². The Morgan fingerprint density at radius 1 is 1.09 bits per heavy atom. The van der Waals surface area contributed by atoms with Gasteiger partial charge in [-0.15, -0.1) is 0 Å². The van der Waals surface area contributed by atoms with Crippen LogP contribution in [0.2, 0.25) is 0 Å². The van der Waals surface area contributed by atoms with E-state index in [-0.39, 0.29) is 10.5 Å². The fraction of sp³-hybridized carbons (Fsp3) is 0.360. The summed E-state index contributed by atoms with van der Waals surface area (Å²) in [6.07, 6.45) is 7.86. The molecule has 0 spiro atoms. The van der Waals surface area contributed by atoms with E-state index in [0.29, 0.717) is 26.3 Å². The van der Waals surface area contributed by atoms with Crippen molar-refractivity contribution in [2.45, 2.75) is 37.5 Å². The van der Waals surface area contributed by atoms with Crippen molar-refractivity contribution in [1.82, 2.24) is 9.73 Å². The third-order valence-electron chi connectivity index (χ3n) is 5.32. The number of ether oxygens (including phenoxy) is 1. The minimum atomic E-state index is -3.67. The second kappa shape index (κ2) is 12.4. The number of benzene rings is 2. The van der Waals surface area contributed by atoms with Crippen molar-refractivity contribution in [3.05, 3.63) is 71.3 Å². The molecule has 2 aromatic rings. The highest BCUT2D eigenvalue weighted by molar-refractivity contribution is 7.89. The first-order chi connectivity index (χ1) is 16.0. The first-order valence-electron chi connectivity index (χ1n) is 11.3. The fourth-order valence-corrected chi connectivity index (χ4v) is 4.94. The standard InChI is InChI=1S/C25H31N3O4S/c1-2-3-5-11-22(18-21-9-6-4-7-10-21)20-26-27-25(29)23-12-8-13-24(19-23)33(30,31)28-14-16-32-17-15-28/h4,6-10,12-13,18-20H,2-3,5,11,14-17H2,1H3,(H,27,29)/b22-18+,26-20+. The van der Waals surface area contributed by atoms with Crippen LogP contribution in [0.5, 0.6) is 0 Å². The average Bonchev–Trinajstić information content (AvgIpc) is 2.85. The van der Waals surface area contributed by atoms with Gasteiger partial charge in [-0.3, -0.25) is 4.79 Å². The number of hydrogen-bond donors (Lipinski definition) is 1. The number of sulfonamides is 1. The Morgan fingerprint density at radius 3 is 2.58 bits per heavy atom. The lowest BCUT2D eigenvalue weighted by molar-refractivity contribution is 0.0730. The normalized spacial score (nSPS) is 15.6. The molecule has 0 saturated carbocycles. The molecule has 1 heterocycles. The zero-order chi connectivity index (χ0) is 23.5. The van der Waals surface area contributed by atoms with Crippen LogP contribution < -0.4 is 5.43 Å². The number of carbonyl (C=O) groups excluding carboxylic acids is 1. The molecule has 3 rings (SSSR count). The van der Waals surface area contributed by atoms with Crippen LogP contribution in [-0.2, 0) is 14.8 Å². The van der Waals surface area contributed by atoms with Crippen LogP contribution in [0.4, 0.5) is 0 Å². The summed E-state index contributed by atoms with van der Waals surface area (Å²) >= 11 is 0. The fourth-order valence-electron chi connectivity index (χ4n) is 3.49. The topological polar surface area (TPSA) is 88.1 Å². The molecule has 1 aliphatic heterocycles. The summed E-state index contributed by atoms with van der Waals surface area (Å²) in [7, 11) is -3.67. The van der Waals surface area contributed by atoms with Crippen LogP contribution in [0.3, 0.4) is 0 Å². The lowest BCUT2D eigenvalue weighted by Gasteiger charge is -2.26. The molecule has 176 valence electrons. The third-order valence-corrected chi connectivity index (χ3v) is 7.22. The van der Waals surface area contributed by atoms with E-state index >= 15 is 0 Å². The van der Waals surface area contributed by atoms with Gasteiger partial charge >= 0.3 is 0 Å². The molecule has 8 heteroatoms. The van der Waals surface area contributed by atoms with Gasteiger partial charge in [0.1, 0.15) is 0 Å². The molecule has 1 fully saturated rings. The van der Waals surface area contributed by atoms with Gasteiger partial charge in [0.15, 0.2) is 0 Å². The summed E-state index contributed by atoms with van der Waals surface area (Å²) in [6, 6.07) is 16.0. The molecule has 1 saturated heterocycles. The Kier molecular flexibility index (Phi) is 9.35. The number of carbonyl (C=O) groups is 1. The van der Waals surface area contributed by atoms with Crippen molar-refractivity contribution >= 4 is 28.2 Å². The second-order valence-electron chi connectivity index (χ2n) is 7.83. The summed E-state index contributed by atoms with van der Waals surface area (Å²) in [5, 5.41) is 4.14. The molecule has 0 unspecified atom stereocenters. The van der Waals surface area contributed by atoms with Gasteiger partial charge in [0.2, 0.25) is 10.0 Å². The van der Waals surface area contributed by atoms with Crippen molar-refractivity contribution in [1.29, 1.82) is 0 Å². The van der Waals surface area contributed by atoms with Crippen molar-refractivity contribution in [2.24, 2.45) is 5.10 Å². The first-order valence-corrected chi connectivity index (χ1v) is 12.7. The maximum atomic E-state index is 12.9. The number of unbranched alkanes of at least 4 members (excludes halogenated alkanes) is 2. The molecule has 1 amide bonds. The Hall–Kier alpha value is -2.81. The number of hydrogen-bond acceptors (Lipinski definition) is 5. The molecule has 0 aliphatic carbocycles. The maximum absolute atomic E-state index is 12.9. The Labute approximate surface area is 196 Å². The minimum Gasteiger partial charge on any atom is -0.379 e. The molecule has 2 aromatic carbocycles. The van der Waals surface area contributed by atoms with Gasteiger partial charge in [-0.05, 0) is 42.2 Å². The molecule has 1 N–H and O–H groups in total. The molecule has 1 aliphatic rings. The molecular weight excluding hydrogens is 438 g/mol. The molecule has 0 radical (unpaired) electrons. The lowest BCUT2D eigenvalue weighted by Crippen LogP contribution is -2.40. The largest absolute Gasteiger partial charge is 0.379 e. The van der Waals surface area contributed by atoms with Crippen molar-refractivity contribution in [3.63, 3.8) is 0 Å². The van der Waals surface area contributed by atoms with Gasteiger partial charge in [-0.1, -0.05) is 62.2 Å². The predicted octanol–water partition coefficient (Wildman–Crippen LogP) is 4.09. The zero-order valence-corrected chi connectivity index (χ0v) is 19.8. The summed E-state index contributed by atoms with van der Waals surface area (Å²) < 4.78 is 32.3. The number of allylic oxidation sites excluding steroid dienone is 1. The number of hydrazone groups is 1. The van der Waals surface area contributed by atoms with E-state index in [9.17, 15) is 13.2 Å². The molecule has 33 heavy (non-hydrogen) atoms. The summed E-state index contributed by atoms with van der Waals surface area (Å²) in [4.78, 5) is 12.7. The number of morpholine rings is 1. The van der Waals surface area contributed by atoms with Gasteiger partial charge < -0.3 is 4.74 Å². The van der Waals surface area contributed by atoms with E-state index in [1.165, 1.54) is 16.4 Å². The summed E-state index contributed by atoms with van der Waals surface area (Å²) in [5.41, 5.74) is 4.85. The highest BCUT2D eigenvalue weighted by Gasteiger charge is 2.26. The maximum Gasteiger partial charge on any atom is 0.271 e. The predicted molar refractivity (Wildman–Crippen MR) is 131 cm³/mol. The number of nitrogens with zero attached hydrogens (tertiary/aromatic N) is 2. The average molecular weight is 470 g/mol. The Balaban J connectivity index is 1.69.